The molecule has 7 heteroatoms. The largest absolute Gasteiger partial charge is 0.466 e. The van der Waals surface area contributed by atoms with E-state index in [1.807, 2.05) is 0 Å². The summed E-state index contributed by atoms with van der Waals surface area (Å²) in [5.74, 6) is 0. The zero-order valence-corrected chi connectivity index (χ0v) is 12.7. The summed E-state index contributed by atoms with van der Waals surface area (Å²) in [7, 11) is -4.64. The lowest BCUT2D eigenvalue weighted by Gasteiger charge is -2.02. The Kier molecular flexibility index (Phi) is 18.1. The second-order valence-corrected chi connectivity index (χ2v) is 5.35. The maximum atomic E-state index is 8.88. The van der Waals surface area contributed by atoms with E-state index in [2.05, 4.69) is 6.92 Å². The normalized spacial score (nSPS) is 11.0. The number of aliphatic hydroxyl groups is 1. The molecule has 118 valence electrons. The maximum Gasteiger partial charge on any atom is 0.466 e. The molecule has 0 rings (SSSR count). The first-order chi connectivity index (χ1) is 8.91. The lowest BCUT2D eigenvalue weighted by atomic mass is 10.1. The number of hydrogen-bond acceptors (Lipinski definition) is 3. The minimum Gasteiger partial charge on any atom is -0.394 e. The molecule has 0 unspecified atom stereocenters. The second kappa shape index (κ2) is 16.1. The van der Waals surface area contributed by atoms with Gasteiger partial charge in [0.2, 0.25) is 0 Å². The first-order valence-corrected chi connectivity index (χ1v) is 8.45. The Labute approximate surface area is 116 Å². The predicted molar refractivity (Wildman–Crippen MR) is 74.8 cm³/mol. The Morgan fingerprint density at radius 3 is 1.68 bits per heavy atom. The van der Waals surface area contributed by atoms with E-state index in [-0.39, 0.29) is 6.61 Å². The SMILES string of the molecule is CCCCCCCCCCOCCO.O=P(O)(O)O. The summed E-state index contributed by atoms with van der Waals surface area (Å²) in [6.45, 7) is 3.71. The average Bonchev–Trinajstić information content (AvgIpc) is 2.29. The number of phosphoric acid groups is 1. The van der Waals surface area contributed by atoms with E-state index in [4.69, 9.17) is 29.1 Å². The molecule has 0 amide bonds. The van der Waals surface area contributed by atoms with Crippen LogP contribution in [0.5, 0.6) is 0 Å². The van der Waals surface area contributed by atoms with Crippen LogP contribution in [0, 0.1) is 0 Å². The van der Waals surface area contributed by atoms with Crippen molar-refractivity contribution in [3.8, 4) is 0 Å². The molecule has 0 aromatic rings. The number of aliphatic hydroxyl groups excluding tert-OH is 1. The molecule has 0 aromatic carbocycles. The minimum atomic E-state index is -4.64. The zero-order chi connectivity index (χ0) is 15.0. The van der Waals surface area contributed by atoms with Gasteiger partial charge < -0.3 is 24.5 Å². The average molecular weight is 300 g/mol. The Morgan fingerprint density at radius 2 is 1.26 bits per heavy atom. The molecule has 0 radical (unpaired) electrons. The van der Waals surface area contributed by atoms with Crippen LogP contribution in [0.3, 0.4) is 0 Å². The molecule has 0 aromatic heterocycles. The highest BCUT2D eigenvalue weighted by Crippen LogP contribution is 2.25. The van der Waals surface area contributed by atoms with Crippen molar-refractivity contribution in [3.05, 3.63) is 0 Å². The van der Waals surface area contributed by atoms with E-state index < -0.39 is 7.82 Å². The van der Waals surface area contributed by atoms with Crippen molar-refractivity contribution in [1.82, 2.24) is 0 Å². The van der Waals surface area contributed by atoms with Gasteiger partial charge in [0.1, 0.15) is 0 Å². The van der Waals surface area contributed by atoms with Gasteiger partial charge in [-0.2, -0.15) is 0 Å². The van der Waals surface area contributed by atoms with Gasteiger partial charge in [-0.15, -0.1) is 0 Å². The summed E-state index contributed by atoms with van der Waals surface area (Å²) in [5, 5.41) is 8.46. The maximum absolute atomic E-state index is 8.88. The van der Waals surface area contributed by atoms with Crippen molar-refractivity contribution in [2.24, 2.45) is 0 Å². The monoisotopic (exact) mass is 300 g/mol. The molecule has 6 nitrogen and oxygen atoms in total. The smallest absolute Gasteiger partial charge is 0.394 e. The number of ether oxygens (including phenoxy) is 1. The van der Waals surface area contributed by atoms with E-state index >= 15 is 0 Å². The van der Waals surface area contributed by atoms with Crippen molar-refractivity contribution in [3.63, 3.8) is 0 Å². The molecule has 0 aliphatic carbocycles. The molecule has 0 heterocycles. The Hall–Kier alpha value is 0.0300. The fourth-order valence-corrected chi connectivity index (χ4v) is 1.50. The Balaban J connectivity index is 0. The van der Waals surface area contributed by atoms with Gasteiger partial charge in [0.15, 0.2) is 0 Å². The molecule has 0 fully saturated rings. The summed E-state index contributed by atoms with van der Waals surface area (Å²) in [6.07, 6.45) is 10.6. The van der Waals surface area contributed by atoms with Gasteiger partial charge >= 0.3 is 7.82 Å². The van der Waals surface area contributed by atoms with Crippen molar-refractivity contribution in [2.45, 2.75) is 58.3 Å². The van der Waals surface area contributed by atoms with Crippen LogP contribution in [-0.4, -0.2) is 39.6 Å². The van der Waals surface area contributed by atoms with Crippen LogP contribution in [0.15, 0.2) is 0 Å². The van der Waals surface area contributed by atoms with Crippen LogP contribution in [0.4, 0.5) is 0 Å². The zero-order valence-electron chi connectivity index (χ0n) is 11.8. The highest BCUT2D eigenvalue weighted by Gasteiger charge is 2.00. The number of rotatable bonds is 11. The molecule has 0 bridgehead atoms. The van der Waals surface area contributed by atoms with Gasteiger partial charge in [-0.05, 0) is 6.42 Å². The minimum absolute atomic E-state index is 0.150. The van der Waals surface area contributed by atoms with Crippen molar-refractivity contribution < 1.29 is 29.1 Å². The van der Waals surface area contributed by atoms with Gasteiger partial charge in [0, 0.05) is 6.61 Å². The molecule has 4 N–H and O–H groups in total. The molecule has 0 spiro atoms. The summed E-state index contributed by atoms with van der Waals surface area (Å²) < 4.78 is 14.1. The van der Waals surface area contributed by atoms with Crippen LogP contribution >= 0.6 is 7.82 Å². The third-order valence-corrected chi connectivity index (χ3v) is 2.38. The van der Waals surface area contributed by atoms with Gasteiger partial charge in [-0.1, -0.05) is 51.9 Å². The number of hydrogen-bond donors (Lipinski definition) is 4. The fraction of sp³-hybridized carbons (Fsp3) is 1.00. The van der Waals surface area contributed by atoms with Gasteiger partial charge in [0.25, 0.3) is 0 Å². The Morgan fingerprint density at radius 1 is 0.842 bits per heavy atom. The quantitative estimate of drug-likeness (QED) is 0.344. The molecule has 0 aliphatic rings. The predicted octanol–water partition coefficient (Wildman–Crippen LogP) is 2.21. The van der Waals surface area contributed by atoms with Crippen LogP contribution in [0.2, 0.25) is 0 Å². The molecular weight excluding hydrogens is 271 g/mol. The second-order valence-electron chi connectivity index (χ2n) is 4.32. The van der Waals surface area contributed by atoms with Crippen molar-refractivity contribution in [2.75, 3.05) is 19.8 Å². The van der Waals surface area contributed by atoms with Crippen LogP contribution in [-0.2, 0) is 9.30 Å². The summed E-state index contributed by atoms with van der Waals surface area (Å²) >= 11 is 0. The molecule has 19 heavy (non-hydrogen) atoms. The van der Waals surface area contributed by atoms with Crippen LogP contribution in [0.25, 0.3) is 0 Å². The van der Waals surface area contributed by atoms with E-state index in [0.29, 0.717) is 6.61 Å². The van der Waals surface area contributed by atoms with Crippen LogP contribution in [0.1, 0.15) is 58.3 Å². The molecule has 0 atom stereocenters. The van der Waals surface area contributed by atoms with Gasteiger partial charge in [0.05, 0.1) is 13.2 Å². The summed E-state index contributed by atoms with van der Waals surface area (Å²) in [4.78, 5) is 21.6. The molecular formula is C12H29O6P. The van der Waals surface area contributed by atoms with E-state index in [1.165, 1.54) is 44.9 Å². The van der Waals surface area contributed by atoms with E-state index in [1.54, 1.807) is 0 Å². The standard InChI is InChI=1S/C12H26O2.H3O4P/c1-2-3-4-5-6-7-8-9-11-14-12-10-13;1-5(2,3)4/h13H,2-12H2,1H3;(H3,1,2,3,4). The fourth-order valence-electron chi connectivity index (χ4n) is 1.50. The van der Waals surface area contributed by atoms with Gasteiger partial charge in [-0.25, -0.2) is 4.57 Å². The van der Waals surface area contributed by atoms with E-state index in [9.17, 15) is 0 Å². The van der Waals surface area contributed by atoms with Crippen LogP contribution < -0.4 is 0 Å². The van der Waals surface area contributed by atoms with E-state index in [0.717, 1.165) is 13.0 Å². The van der Waals surface area contributed by atoms with Crippen molar-refractivity contribution >= 4 is 7.82 Å². The van der Waals surface area contributed by atoms with Crippen molar-refractivity contribution in [1.29, 1.82) is 0 Å². The molecule has 0 saturated carbocycles. The van der Waals surface area contributed by atoms with Gasteiger partial charge in [-0.3, -0.25) is 0 Å². The lowest BCUT2D eigenvalue weighted by molar-refractivity contribution is 0.0895. The third-order valence-electron chi connectivity index (χ3n) is 2.38. The molecule has 0 saturated heterocycles. The lowest BCUT2D eigenvalue weighted by Crippen LogP contribution is -2.00. The highest BCUT2D eigenvalue weighted by atomic mass is 31.2. The topological polar surface area (TPSA) is 107 Å². The number of unbranched alkanes of at least 4 members (excludes halogenated alkanes) is 7. The summed E-state index contributed by atoms with van der Waals surface area (Å²) in [6, 6.07) is 0. The summed E-state index contributed by atoms with van der Waals surface area (Å²) in [5.41, 5.74) is 0. The highest BCUT2D eigenvalue weighted by molar-refractivity contribution is 7.45. The Bertz CT molecular complexity index is 186. The first kappa shape index (κ1) is 21.3. The third kappa shape index (κ3) is 38.1. The first-order valence-electron chi connectivity index (χ1n) is 6.88. The molecule has 0 aliphatic heterocycles.